The molecule has 0 aliphatic carbocycles. The van der Waals surface area contributed by atoms with Gasteiger partial charge in [0.2, 0.25) is 5.91 Å². The summed E-state index contributed by atoms with van der Waals surface area (Å²) in [5, 5.41) is 0. The van der Waals surface area contributed by atoms with Crippen LogP contribution in [0, 0.1) is 0 Å². The molecule has 0 bridgehead atoms. The highest BCUT2D eigenvalue weighted by Crippen LogP contribution is 2.22. The molecule has 1 aromatic carbocycles. The maximum Gasteiger partial charge on any atom is 0.230 e. The number of rotatable bonds is 2. The van der Waals surface area contributed by atoms with Gasteiger partial charge in [0.1, 0.15) is 0 Å². The molecule has 1 unspecified atom stereocenters. The van der Waals surface area contributed by atoms with E-state index in [9.17, 15) is 4.79 Å². The smallest absolute Gasteiger partial charge is 0.230 e. The Labute approximate surface area is 94.7 Å². The van der Waals surface area contributed by atoms with E-state index in [2.05, 4.69) is 0 Å². The van der Waals surface area contributed by atoms with Gasteiger partial charge in [-0.2, -0.15) is 0 Å². The van der Waals surface area contributed by atoms with Crippen molar-refractivity contribution in [2.24, 2.45) is 0 Å². The molecule has 1 aliphatic rings. The molecule has 0 radical (unpaired) electrons. The van der Waals surface area contributed by atoms with Gasteiger partial charge < -0.3 is 4.90 Å². The van der Waals surface area contributed by atoms with E-state index in [0.29, 0.717) is 0 Å². The zero-order valence-electron chi connectivity index (χ0n) is 8.85. The van der Waals surface area contributed by atoms with E-state index in [-0.39, 0.29) is 11.8 Å². The van der Waals surface area contributed by atoms with Gasteiger partial charge in [-0.15, -0.1) is 11.8 Å². The largest absolute Gasteiger partial charge is 0.332 e. The van der Waals surface area contributed by atoms with Crippen LogP contribution in [-0.4, -0.2) is 29.0 Å². The van der Waals surface area contributed by atoms with Crippen molar-refractivity contribution in [1.29, 1.82) is 0 Å². The van der Waals surface area contributed by atoms with Crippen molar-refractivity contribution in [1.82, 2.24) is 4.90 Å². The molecule has 1 fully saturated rings. The van der Waals surface area contributed by atoms with E-state index in [4.69, 9.17) is 0 Å². The number of benzene rings is 1. The van der Waals surface area contributed by atoms with Crippen LogP contribution in [0.4, 0.5) is 0 Å². The Bertz CT molecular complexity index is 333. The number of carbonyl (C=O) groups excluding carboxylic acids is 1. The Morgan fingerprint density at radius 1 is 1.40 bits per heavy atom. The second-order valence-electron chi connectivity index (χ2n) is 3.77. The summed E-state index contributed by atoms with van der Waals surface area (Å²) in [6.07, 6.45) is 0. The average molecular weight is 221 g/mol. The monoisotopic (exact) mass is 221 g/mol. The molecule has 2 nitrogen and oxygen atoms in total. The Balaban J connectivity index is 2.07. The fourth-order valence-electron chi connectivity index (χ4n) is 1.75. The number of hydrogen-bond donors (Lipinski definition) is 0. The lowest BCUT2D eigenvalue weighted by Gasteiger charge is -2.19. The van der Waals surface area contributed by atoms with Crippen molar-refractivity contribution in [3.05, 3.63) is 35.9 Å². The van der Waals surface area contributed by atoms with Crippen molar-refractivity contribution in [3.63, 3.8) is 0 Å². The van der Waals surface area contributed by atoms with Crippen LogP contribution in [0.25, 0.3) is 0 Å². The van der Waals surface area contributed by atoms with Crippen LogP contribution in [0.15, 0.2) is 30.3 Å². The molecule has 1 aromatic rings. The van der Waals surface area contributed by atoms with Crippen LogP contribution >= 0.6 is 11.8 Å². The lowest BCUT2D eigenvalue weighted by molar-refractivity contribution is -0.130. The molecule has 1 heterocycles. The molecule has 0 aromatic heterocycles. The maximum atomic E-state index is 12.1. The molecule has 0 spiro atoms. The van der Waals surface area contributed by atoms with Gasteiger partial charge in [0, 0.05) is 12.3 Å². The second kappa shape index (κ2) is 4.71. The summed E-state index contributed by atoms with van der Waals surface area (Å²) in [6.45, 7) is 2.89. The molecule has 1 saturated heterocycles. The van der Waals surface area contributed by atoms with Gasteiger partial charge in [0.25, 0.3) is 0 Å². The summed E-state index contributed by atoms with van der Waals surface area (Å²) < 4.78 is 0. The standard InChI is InChI=1S/C12H15NOS/c1-10(11-5-3-2-4-6-11)12(14)13-7-8-15-9-13/h2-6,10H,7-9H2,1H3. The van der Waals surface area contributed by atoms with Gasteiger partial charge in [-0.05, 0) is 12.5 Å². The lowest BCUT2D eigenvalue weighted by atomic mass is 10.00. The Hall–Kier alpha value is -0.960. The van der Waals surface area contributed by atoms with Crippen LogP contribution < -0.4 is 0 Å². The highest BCUT2D eigenvalue weighted by atomic mass is 32.2. The quantitative estimate of drug-likeness (QED) is 0.764. The van der Waals surface area contributed by atoms with Crippen molar-refractivity contribution in [2.75, 3.05) is 18.2 Å². The maximum absolute atomic E-state index is 12.1. The van der Waals surface area contributed by atoms with Crippen molar-refractivity contribution >= 4 is 17.7 Å². The fraction of sp³-hybridized carbons (Fsp3) is 0.417. The molecular weight excluding hydrogens is 206 g/mol. The van der Waals surface area contributed by atoms with Crippen molar-refractivity contribution in [2.45, 2.75) is 12.8 Å². The van der Waals surface area contributed by atoms with E-state index in [1.807, 2.05) is 53.9 Å². The summed E-state index contributed by atoms with van der Waals surface area (Å²) in [5.41, 5.74) is 1.11. The van der Waals surface area contributed by atoms with Crippen molar-refractivity contribution < 1.29 is 4.79 Å². The Morgan fingerprint density at radius 3 is 2.73 bits per heavy atom. The number of carbonyl (C=O) groups is 1. The van der Waals surface area contributed by atoms with Gasteiger partial charge in [-0.3, -0.25) is 4.79 Å². The first-order valence-electron chi connectivity index (χ1n) is 5.20. The van der Waals surface area contributed by atoms with E-state index >= 15 is 0 Å². The third kappa shape index (κ3) is 2.34. The molecule has 1 aliphatic heterocycles. The van der Waals surface area contributed by atoms with E-state index in [1.165, 1.54) is 0 Å². The Morgan fingerprint density at radius 2 is 2.13 bits per heavy atom. The van der Waals surface area contributed by atoms with E-state index < -0.39 is 0 Å². The topological polar surface area (TPSA) is 20.3 Å². The zero-order chi connectivity index (χ0) is 10.7. The minimum absolute atomic E-state index is 0.00935. The van der Waals surface area contributed by atoms with Crippen molar-refractivity contribution in [3.8, 4) is 0 Å². The first-order chi connectivity index (χ1) is 7.29. The molecule has 3 heteroatoms. The summed E-state index contributed by atoms with van der Waals surface area (Å²) in [4.78, 5) is 14.0. The molecule has 1 amide bonds. The first-order valence-corrected chi connectivity index (χ1v) is 6.36. The van der Waals surface area contributed by atoms with Gasteiger partial charge in [0.15, 0.2) is 0 Å². The van der Waals surface area contributed by atoms with E-state index in [0.717, 1.165) is 23.7 Å². The molecule has 80 valence electrons. The van der Waals surface area contributed by atoms with Crippen LogP contribution in [0.5, 0.6) is 0 Å². The summed E-state index contributed by atoms with van der Waals surface area (Å²) in [6, 6.07) is 9.99. The van der Waals surface area contributed by atoms with Crippen LogP contribution in [-0.2, 0) is 4.79 Å². The van der Waals surface area contributed by atoms with E-state index in [1.54, 1.807) is 0 Å². The highest BCUT2D eigenvalue weighted by molar-refractivity contribution is 7.99. The third-order valence-corrected chi connectivity index (χ3v) is 3.70. The predicted molar refractivity (Wildman–Crippen MR) is 63.9 cm³/mol. The minimum atomic E-state index is -0.00935. The van der Waals surface area contributed by atoms with Gasteiger partial charge in [-0.1, -0.05) is 30.3 Å². The molecule has 15 heavy (non-hydrogen) atoms. The zero-order valence-corrected chi connectivity index (χ0v) is 9.67. The number of thioether (sulfide) groups is 1. The molecule has 0 N–H and O–H groups in total. The lowest BCUT2D eigenvalue weighted by Crippen LogP contribution is -2.31. The predicted octanol–water partition coefficient (Wildman–Crippen LogP) is 2.32. The second-order valence-corrected chi connectivity index (χ2v) is 4.85. The molecule has 0 saturated carbocycles. The molecule has 1 atom stereocenters. The fourth-order valence-corrected chi connectivity index (χ4v) is 2.70. The van der Waals surface area contributed by atoms with Gasteiger partial charge in [-0.25, -0.2) is 0 Å². The van der Waals surface area contributed by atoms with Gasteiger partial charge >= 0.3 is 0 Å². The van der Waals surface area contributed by atoms with Crippen LogP contribution in [0.2, 0.25) is 0 Å². The summed E-state index contributed by atoms with van der Waals surface area (Å²) in [5.74, 6) is 2.18. The number of amides is 1. The Kier molecular flexibility index (Phi) is 3.31. The SMILES string of the molecule is CC(C(=O)N1CCSC1)c1ccccc1. The average Bonchev–Trinajstić information content (AvgIpc) is 2.82. The minimum Gasteiger partial charge on any atom is -0.332 e. The van der Waals surface area contributed by atoms with Gasteiger partial charge in [0.05, 0.1) is 11.8 Å². The summed E-state index contributed by atoms with van der Waals surface area (Å²) in [7, 11) is 0. The number of hydrogen-bond acceptors (Lipinski definition) is 2. The van der Waals surface area contributed by atoms with Crippen LogP contribution in [0.3, 0.4) is 0 Å². The molecular formula is C12H15NOS. The van der Waals surface area contributed by atoms with Crippen LogP contribution in [0.1, 0.15) is 18.4 Å². The normalized spacial score (nSPS) is 17.8. The highest BCUT2D eigenvalue weighted by Gasteiger charge is 2.24. The molecule has 2 rings (SSSR count). The third-order valence-electron chi connectivity index (χ3n) is 2.73. The first kappa shape index (κ1) is 10.6. The summed E-state index contributed by atoms with van der Waals surface area (Å²) >= 11 is 1.83. The number of nitrogens with zero attached hydrogens (tertiary/aromatic N) is 1.